The Hall–Kier alpha value is -2.01. The zero-order chi connectivity index (χ0) is 19.7. The Kier molecular flexibility index (Phi) is 5.71. The van der Waals surface area contributed by atoms with Crippen LogP contribution in [-0.4, -0.2) is 10.0 Å². The smallest absolute Gasteiger partial charge is 0.269 e. The first-order chi connectivity index (χ1) is 11.9. The molecule has 0 aromatic heterocycles. The maximum atomic E-state index is 10.8. The van der Waals surface area contributed by atoms with Crippen LogP contribution >= 0.6 is 11.8 Å². The molecule has 0 saturated heterocycles. The van der Waals surface area contributed by atoms with Gasteiger partial charge in [-0.3, -0.25) is 10.1 Å². The molecule has 5 heteroatoms. The molecule has 2 aromatic carbocycles. The molecule has 2 rings (SSSR count). The van der Waals surface area contributed by atoms with Crippen LogP contribution in [0.4, 0.5) is 5.69 Å². The number of phenolic OH excluding ortho intramolecular Hbond substituents is 1. The van der Waals surface area contributed by atoms with Gasteiger partial charge in [-0.25, -0.2) is 0 Å². The summed E-state index contributed by atoms with van der Waals surface area (Å²) in [6, 6.07) is 10.8. The van der Waals surface area contributed by atoms with E-state index in [0.717, 1.165) is 27.3 Å². The molecule has 0 spiro atoms. The van der Waals surface area contributed by atoms with Crippen molar-refractivity contribution in [1.82, 2.24) is 0 Å². The fraction of sp³-hybridized carbons (Fsp3) is 0.429. The van der Waals surface area contributed by atoms with Crippen LogP contribution in [0.15, 0.2) is 41.3 Å². The first-order valence-corrected chi connectivity index (χ1v) is 9.62. The molecule has 0 unspecified atom stereocenters. The number of nitrogens with zero attached hydrogens (tertiary/aromatic N) is 1. The number of aromatic hydroxyl groups is 1. The SMILES string of the molecule is CC(C)(C)c1cc(SCc2ccc([N+](=O)[O-])cc2)cc(C(C)(C)C)c1O. The first-order valence-electron chi connectivity index (χ1n) is 8.63. The van der Waals surface area contributed by atoms with E-state index in [1.165, 1.54) is 12.1 Å². The third-order valence-corrected chi connectivity index (χ3v) is 5.30. The Morgan fingerprint density at radius 3 is 1.81 bits per heavy atom. The van der Waals surface area contributed by atoms with Crippen molar-refractivity contribution in [3.05, 3.63) is 63.2 Å². The molecule has 4 nitrogen and oxygen atoms in total. The van der Waals surface area contributed by atoms with Gasteiger partial charge in [0.15, 0.2) is 0 Å². The molecule has 0 heterocycles. The molecule has 0 atom stereocenters. The zero-order valence-electron chi connectivity index (χ0n) is 16.3. The van der Waals surface area contributed by atoms with Crippen molar-refractivity contribution in [3.8, 4) is 5.75 Å². The van der Waals surface area contributed by atoms with Gasteiger partial charge < -0.3 is 5.11 Å². The number of hydrogen-bond acceptors (Lipinski definition) is 4. The standard InChI is InChI=1S/C21H27NO3S/c1-20(2,3)17-11-16(12-18(19(17)23)21(4,5)6)26-13-14-7-9-15(10-8-14)22(24)25/h7-12,23H,13H2,1-6H3. The third kappa shape index (κ3) is 4.79. The molecule has 0 saturated carbocycles. The summed E-state index contributed by atoms with van der Waals surface area (Å²) < 4.78 is 0. The van der Waals surface area contributed by atoms with E-state index in [0.29, 0.717) is 5.75 Å². The summed E-state index contributed by atoms with van der Waals surface area (Å²) in [7, 11) is 0. The predicted octanol–water partition coefficient (Wildman–Crippen LogP) is 6.19. The lowest BCUT2D eigenvalue weighted by molar-refractivity contribution is -0.384. The van der Waals surface area contributed by atoms with Crippen molar-refractivity contribution < 1.29 is 10.0 Å². The maximum Gasteiger partial charge on any atom is 0.269 e. The number of phenols is 1. The van der Waals surface area contributed by atoms with Crippen LogP contribution in [0.2, 0.25) is 0 Å². The van der Waals surface area contributed by atoms with Crippen molar-refractivity contribution in [1.29, 1.82) is 0 Å². The van der Waals surface area contributed by atoms with E-state index >= 15 is 0 Å². The molecule has 0 amide bonds. The van der Waals surface area contributed by atoms with Crippen molar-refractivity contribution in [2.24, 2.45) is 0 Å². The molecule has 0 aliphatic carbocycles. The lowest BCUT2D eigenvalue weighted by Crippen LogP contribution is -2.17. The highest BCUT2D eigenvalue weighted by atomic mass is 32.2. The summed E-state index contributed by atoms with van der Waals surface area (Å²) >= 11 is 1.68. The number of nitro groups is 1. The van der Waals surface area contributed by atoms with E-state index in [4.69, 9.17) is 0 Å². The number of benzene rings is 2. The number of thioether (sulfide) groups is 1. The van der Waals surface area contributed by atoms with Gasteiger partial charge in [0, 0.05) is 33.9 Å². The molecule has 1 N–H and O–H groups in total. The lowest BCUT2D eigenvalue weighted by Gasteiger charge is -2.28. The molecular formula is C21H27NO3S. The molecule has 0 radical (unpaired) electrons. The normalized spacial score (nSPS) is 12.2. The second-order valence-corrected chi connectivity index (χ2v) is 9.63. The lowest BCUT2D eigenvalue weighted by atomic mass is 9.79. The quantitative estimate of drug-likeness (QED) is 0.394. The molecule has 2 aromatic rings. The molecule has 140 valence electrons. The monoisotopic (exact) mass is 373 g/mol. The van der Waals surface area contributed by atoms with Crippen LogP contribution in [0.1, 0.15) is 58.2 Å². The molecule has 0 aliphatic heterocycles. The molecular weight excluding hydrogens is 346 g/mol. The third-order valence-electron chi connectivity index (χ3n) is 4.25. The molecule has 0 fully saturated rings. The highest BCUT2D eigenvalue weighted by Crippen LogP contribution is 2.42. The summed E-state index contributed by atoms with van der Waals surface area (Å²) in [4.78, 5) is 11.5. The van der Waals surface area contributed by atoms with Crippen molar-refractivity contribution in [2.75, 3.05) is 0 Å². The van der Waals surface area contributed by atoms with E-state index in [-0.39, 0.29) is 21.4 Å². The van der Waals surface area contributed by atoms with Gasteiger partial charge in [-0.05, 0) is 28.5 Å². The van der Waals surface area contributed by atoms with E-state index in [9.17, 15) is 15.2 Å². The Balaban J connectivity index is 2.32. The van der Waals surface area contributed by atoms with Gasteiger partial charge >= 0.3 is 0 Å². The summed E-state index contributed by atoms with van der Waals surface area (Å²) in [5, 5.41) is 21.5. The first kappa shape index (κ1) is 20.3. The second kappa shape index (κ2) is 7.31. The number of nitro benzene ring substituents is 1. The molecule has 0 bridgehead atoms. The number of hydrogen-bond donors (Lipinski definition) is 1. The Morgan fingerprint density at radius 2 is 1.42 bits per heavy atom. The van der Waals surface area contributed by atoms with E-state index in [1.54, 1.807) is 23.9 Å². The Morgan fingerprint density at radius 1 is 0.962 bits per heavy atom. The Bertz CT molecular complexity index is 764. The van der Waals surface area contributed by atoms with Crippen molar-refractivity contribution in [3.63, 3.8) is 0 Å². The van der Waals surface area contributed by atoms with Gasteiger partial charge in [0.05, 0.1) is 4.92 Å². The van der Waals surface area contributed by atoms with Crippen molar-refractivity contribution in [2.45, 2.75) is 63.0 Å². The second-order valence-electron chi connectivity index (χ2n) is 8.58. The van der Waals surface area contributed by atoms with Crippen LogP contribution in [0.3, 0.4) is 0 Å². The molecule has 0 aliphatic rings. The van der Waals surface area contributed by atoms with Gasteiger partial charge in [-0.15, -0.1) is 11.8 Å². The van der Waals surface area contributed by atoms with Crippen LogP contribution in [-0.2, 0) is 16.6 Å². The summed E-state index contributed by atoms with van der Waals surface area (Å²) in [6.45, 7) is 12.6. The minimum absolute atomic E-state index is 0.105. The number of rotatable bonds is 4. The zero-order valence-corrected chi connectivity index (χ0v) is 17.1. The van der Waals surface area contributed by atoms with Gasteiger partial charge in [0.25, 0.3) is 5.69 Å². The number of non-ortho nitro benzene ring substituents is 1. The van der Waals surface area contributed by atoms with Gasteiger partial charge in [-0.1, -0.05) is 53.7 Å². The highest BCUT2D eigenvalue weighted by Gasteiger charge is 2.26. The topological polar surface area (TPSA) is 63.4 Å². The summed E-state index contributed by atoms with van der Waals surface area (Å²) in [6.07, 6.45) is 0. The highest BCUT2D eigenvalue weighted by molar-refractivity contribution is 7.98. The summed E-state index contributed by atoms with van der Waals surface area (Å²) in [5.74, 6) is 1.10. The minimum Gasteiger partial charge on any atom is -0.507 e. The van der Waals surface area contributed by atoms with Crippen molar-refractivity contribution >= 4 is 17.4 Å². The minimum atomic E-state index is -0.387. The largest absolute Gasteiger partial charge is 0.507 e. The molecule has 26 heavy (non-hydrogen) atoms. The van der Waals surface area contributed by atoms with Crippen LogP contribution in [0.5, 0.6) is 5.75 Å². The van der Waals surface area contributed by atoms with Gasteiger partial charge in [0.2, 0.25) is 0 Å². The predicted molar refractivity (Wildman–Crippen MR) is 108 cm³/mol. The Labute approximate surface area is 159 Å². The van der Waals surface area contributed by atoms with E-state index < -0.39 is 0 Å². The maximum absolute atomic E-state index is 10.8. The van der Waals surface area contributed by atoms with E-state index in [1.807, 2.05) is 0 Å². The van der Waals surface area contributed by atoms with Gasteiger partial charge in [-0.2, -0.15) is 0 Å². The summed E-state index contributed by atoms with van der Waals surface area (Å²) in [5.41, 5.74) is 2.70. The van der Waals surface area contributed by atoms with E-state index in [2.05, 4.69) is 53.7 Å². The van der Waals surface area contributed by atoms with Crippen LogP contribution < -0.4 is 0 Å². The van der Waals surface area contributed by atoms with Gasteiger partial charge in [0.1, 0.15) is 5.75 Å². The average molecular weight is 374 g/mol. The van der Waals surface area contributed by atoms with Crippen LogP contribution in [0, 0.1) is 10.1 Å². The van der Waals surface area contributed by atoms with Crippen LogP contribution in [0.25, 0.3) is 0 Å². The average Bonchev–Trinajstić information content (AvgIpc) is 2.52. The fourth-order valence-electron chi connectivity index (χ4n) is 2.72. The fourth-order valence-corrected chi connectivity index (χ4v) is 3.64.